The molecule has 0 atom stereocenters. The van der Waals surface area contributed by atoms with Gasteiger partial charge >= 0.3 is 0 Å². The summed E-state index contributed by atoms with van der Waals surface area (Å²) in [6.45, 7) is 0.552. The van der Waals surface area contributed by atoms with Crippen molar-refractivity contribution in [2.45, 2.75) is 11.4 Å². The van der Waals surface area contributed by atoms with Crippen molar-refractivity contribution in [1.82, 2.24) is 0 Å². The van der Waals surface area contributed by atoms with Crippen molar-refractivity contribution < 1.29 is 4.55 Å². The van der Waals surface area contributed by atoms with E-state index in [0.717, 1.165) is 22.5 Å². The average Bonchev–Trinajstić information content (AvgIpc) is 2.05. The van der Waals surface area contributed by atoms with Gasteiger partial charge < -0.3 is 10.3 Å². The molecule has 3 N–H and O–H groups in total. The summed E-state index contributed by atoms with van der Waals surface area (Å²) in [5, 5.41) is 0. The first-order valence-corrected chi connectivity index (χ1v) is 3.74. The Labute approximate surface area is 64.3 Å². The fourth-order valence-corrected chi connectivity index (χ4v) is 0.944. The van der Waals surface area contributed by atoms with Gasteiger partial charge in [0.05, 0.1) is 0 Å². The van der Waals surface area contributed by atoms with E-state index in [9.17, 15) is 0 Å². The van der Waals surface area contributed by atoms with Crippen molar-refractivity contribution >= 4 is 12.0 Å². The van der Waals surface area contributed by atoms with Crippen LogP contribution in [0, 0.1) is 0 Å². The Morgan fingerprint density at radius 2 is 1.90 bits per heavy atom. The number of hydrogen-bond acceptors (Lipinski definition) is 3. The second-order valence-corrected chi connectivity index (χ2v) is 2.59. The molecule has 0 unspecified atom stereocenters. The normalized spacial score (nSPS) is 9.80. The van der Waals surface area contributed by atoms with Crippen LogP contribution in [0.5, 0.6) is 0 Å². The van der Waals surface area contributed by atoms with E-state index >= 15 is 0 Å². The lowest BCUT2D eigenvalue weighted by atomic mass is 10.2. The minimum atomic E-state index is 0.552. The van der Waals surface area contributed by atoms with E-state index in [4.69, 9.17) is 10.3 Å². The molecular weight excluding hydrogens is 146 g/mol. The summed E-state index contributed by atoms with van der Waals surface area (Å²) >= 11 is 0.747. The van der Waals surface area contributed by atoms with Gasteiger partial charge in [-0.15, -0.1) is 0 Å². The Hall–Kier alpha value is -0.510. The van der Waals surface area contributed by atoms with Gasteiger partial charge in [0, 0.05) is 23.5 Å². The van der Waals surface area contributed by atoms with Crippen LogP contribution in [0.2, 0.25) is 0 Å². The maximum atomic E-state index is 8.59. The maximum absolute atomic E-state index is 8.59. The van der Waals surface area contributed by atoms with Gasteiger partial charge in [-0.05, 0) is 17.7 Å². The molecular formula is C7H9NOS. The minimum Gasteiger partial charge on any atom is -0.326 e. The van der Waals surface area contributed by atoms with Crippen LogP contribution in [-0.2, 0) is 6.54 Å². The molecule has 54 valence electrons. The van der Waals surface area contributed by atoms with Gasteiger partial charge in [0.15, 0.2) is 0 Å². The van der Waals surface area contributed by atoms with Crippen LogP contribution in [0.1, 0.15) is 5.56 Å². The standard InChI is InChI=1S/C7H9NOS/c8-5-6-1-3-7(10-9)4-2-6/h1-4,9H,5,8H2. The van der Waals surface area contributed by atoms with Gasteiger partial charge in [-0.3, -0.25) is 0 Å². The first-order chi connectivity index (χ1) is 4.86. The van der Waals surface area contributed by atoms with E-state index < -0.39 is 0 Å². The zero-order valence-electron chi connectivity index (χ0n) is 5.45. The minimum absolute atomic E-state index is 0.552. The third kappa shape index (κ3) is 1.73. The highest BCUT2D eigenvalue weighted by Crippen LogP contribution is 2.13. The van der Waals surface area contributed by atoms with Crippen LogP contribution >= 0.6 is 12.0 Å². The summed E-state index contributed by atoms with van der Waals surface area (Å²) in [6.07, 6.45) is 0. The van der Waals surface area contributed by atoms with Crippen molar-refractivity contribution in [3.8, 4) is 0 Å². The molecule has 0 aromatic heterocycles. The molecule has 0 radical (unpaired) electrons. The largest absolute Gasteiger partial charge is 0.326 e. The van der Waals surface area contributed by atoms with Crippen molar-refractivity contribution in [1.29, 1.82) is 0 Å². The van der Waals surface area contributed by atoms with E-state index in [-0.39, 0.29) is 0 Å². The SMILES string of the molecule is NCc1ccc(SO)cc1. The highest BCUT2D eigenvalue weighted by molar-refractivity contribution is 7.93. The molecule has 1 aromatic carbocycles. The van der Waals surface area contributed by atoms with Crippen LogP contribution < -0.4 is 5.73 Å². The Kier molecular flexibility index (Phi) is 2.74. The molecule has 0 saturated heterocycles. The Balaban J connectivity index is 2.80. The molecule has 0 bridgehead atoms. The summed E-state index contributed by atoms with van der Waals surface area (Å²) in [6, 6.07) is 7.48. The summed E-state index contributed by atoms with van der Waals surface area (Å²) in [5.74, 6) is 0. The molecule has 0 fully saturated rings. The third-order valence-corrected chi connectivity index (χ3v) is 1.75. The van der Waals surface area contributed by atoms with Gasteiger partial charge in [-0.2, -0.15) is 0 Å². The van der Waals surface area contributed by atoms with Crippen LogP contribution in [-0.4, -0.2) is 4.55 Å². The van der Waals surface area contributed by atoms with Gasteiger partial charge in [0.25, 0.3) is 0 Å². The predicted octanol–water partition coefficient (Wildman–Crippen LogP) is 1.71. The number of benzene rings is 1. The fourth-order valence-electron chi connectivity index (χ4n) is 0.686. The van der Waals surface area contributed by atoms with Crippen LogP contribution in [0.4, 0.5) is 0 Å². The lowest BCUT2D eigenvalue weighted by Gasteiger charge is -1.96. The zero-order chi connectivity index (χ0) is 7.40. The molecule has 0 aliphatic carbocycles. The first-order valence-electron chi connectivity index (χ1n) is 2.97. The average molecular weight is 155 g/mol. The topological polar surface area (TPSA) is 46.2 Å². The van der Waals surface area contributed by atoms with E-state index in [1.54, 1.807) is 0 Å². The van der Waals surface area contributed by atoms with E-state index in [1.165, 1.54) is 0 Å². The summed E-state index contributed by atoms with van der Waals surface area (Å²) < 4.78 is 8.59. The van der Waals surface area contributed by atoms with E-state index in [1.807, 2.05) is 24.3 Å². The van der Waals surface area contributed by atoms with Crippen LogP contribution in [0.15, 0.2) is 29.2 Å². The lowest BCUT2D eigenvalue weighted by molar-refractivity contribution is 0.664. The van der Waals surface area contributed by atoms with Crippen LogP contribution in [0.25, 0.3) is 0 Å². The zero-order valence-corrected chi connectivity index (χ0v) is 6.27. The molecule has 0 spiro atoms. The molecule has 1 rings (SSSR count). The smallest absolute Gasteiger partial charge is 0.0351 e. The summed E-state index contributed by atoms with van der Waals surface area (Å²) in [4.78, 5) is 0.845. The molecule has 3 heteroatoms. The molecule has 0 saturated carbocycles. The van der Waals surface area contributed by atoms with Crippen molar-refractivity contribution in [3.05, 3.63) is 29.8 Å². The molecule has 1 aromatic rings. The molecule has 0 amide bonds. The highest BCUT2D eigenvalue weighted by atomic mass is 32.2. The molecule has 2 nitrogen and oxygen atoms in total. The van der Waals surface area contributed by atoms with Gasteiger partial charge in [-0.25, -0.2) is 0 Å². The van der Waals surface area contributed by atoms with Gasteiger partial charge in [-0.1, -0.05) is 12.1 Å². The Morgan fingerprint density at radius 3 is 2.30 bits per heavy atom. The van der Waals surface area contributed by atoms with E-state index in [2.05, 4.69) is 0 Å². The quantitative estimate of drug-likeness (QED) is 0.639. The number of nitrogens with two attached hydrogens (primary N) is 1. The number of rotatable bonds is 2. The van der Waals surface area contributed by atoms with Gasteiger partial charge in [0.2, 0.25) is 0 Å². The Morgan fingerprint density at radius 1 is 1.30 bits per heavy atom. The van der Waals surface area contributed by atoms with Crippen molar-refractivity contribution in [2.24, 2.45) is 5.73 Å². The summed E-state index contributed by atoms with van der Waals surface area (Å²) in [7, 11) is 0. The number of hydrogen-bond donors (Lipinski definition) is 2. The fraction of sp³-hybridized carbons (Fsp3) is 0.143. The third-order valence-electron chi connectivity index (χ3n) is 1.26. The monoisotopic (exact) mass is 155 g/mol. The van der Waals surface area contributed by atoms with Gasteiger partial charge in [0.1, 0.15) is 0 Å². The molecule has 10 heavy (non-hydrogen) atoms. The first kappa shape index (κ1) is 7.60. The molecule has 0 heterocycles. The molecule has 0 aliphatic heterocycles. The van der Waals surface area contributed by atoms with Crippen molar-refractivity contribution in [2.75, 3.05) is 0 Å². The van der Waals surface area contributed by atoms with Crippen LogP contribution in [0.3, 0.4) is 0 Å². The maximum Gasteiger partial charge on any atom is 0.0351 e. The lowest BCUT2D eigenvalue weighted by Crippen LogP contribution is -1.94. The predicted molar refractivity (Wildman–Crippen MR) is 42.8 cm³/mol. The second kappa shape index (κ2) is 3.61. The van der Waals surface area contributed by atoms with E-state index in [0.29, 0.717) is 6.54 Å². The molecule has 0 aliphatic rings. The van der Waals surface area contributed by atoms with Crippen molar-refractivity contribution in [3.63, 3.8) is 0 Å². The second-order valence-electron chi connectivity index (χ2n) is 1.94. The highest BCUT2D eigenvalue weighted by Gasteiger charge is 1.90. The Bertz CT molecular complexity index is 174. The summed E-state index contributed by atoms with van der Waals surface area (Å²) in [5.41, 5.74) is 6.45.